The molecule has 0 rings (SSSR count). The Hall–Kier alpha value is -1.07. The molecule has 0 fully saturated rings. The summed E-state index contributed by atoms with van der Waals surface area (Å²) in [5.74, 6) is -2.08. The topological polar surface area (TPSA) is 119 Å². The van der Waals surface area contributed by atoms with Gasteiger partial charge in [0, 0.05) is 31.8 Å². The maximum Gasteiger partial charge on any atom is 0.325 e. The lowest BCUT2D eigenvalue weighted by Crippen LogP contribution is -2.43. The van der Waals surface area contributed by atoms with Crippen LogP contribution in [0.4, 0.5) is 0 Å². The number of aliphatic carboxylic acids is 1. The van der Waals surface area contributed by atoms with E-state index >= 15 is 0 Å². The predicted octanol–water partition coefficient (Wildman–Crippen LogP) is 2.01. The fourth-order valence-electron chi connectivity index (χ4n) is 2.31. The first-order valence-corrected chi connectivity index (χ1v) is 11.0. The van der Waals surface area contributed by atoms with Crippen LogP contribution < -0.4 is 5.32 Å². The number of hydrogen-bond acceptors (Lipinski definition) is 6. The molecular formula is C19H32INO7. The van der Waals surface area contributed by atoms with Crippen LogP contribution in [0.2, 0.25) is 0 Å². The number of halogens is 1. The summed E-state index contributed by atoms with van der Waals surface area (Å²) in [6.45, 7) is 6.54. The molecule has 0 saturated carbocycles. The fraction of sp³-hybridized carbons (Fsp3) is 0.789. The molecule has 0 aliphatic rings. The zero-order valence-corrected chi connectivity index (χ0v) is 19.0. The van der Waals surface area contributed by atoms with Crippen LogP contribution in [0, 0.1) is 11.8 Å². The van der Waals surface area contributed by atoms with Crippen molar-refractivity contribution in [3.63, 3.8) is 0 Å². The smallest absolute Gasteiger partial charge is 0.325 e. The quantitative estimate of drug-likeness (QED) is 0.174. The number of amides is 1. The van der Waals surface area contributed by atoms with E-state index in [0.717, 1.165) is 0 Å². The average molecular weight is 513 g/mol. The van der Waals surface area contributed by atoms with Gasteiger partial charge in [-0.3, -0.25) is 19.2 Å². The number of carboxylic acid groups (broad SMARTS) is 1. The molecule has 2 atom stereocenters. The van der Waals surface area contributed by atoms with Gasteiger partial charge in [-0.2, -0.15) is 0 Å². The molecule has 1 amide bonds. The third-order valence-corrected chi connectivity index (χ3v) is 4.96. The second-order valence-electron chi connectivity index (χ2n) is 6.91. The SMILES string of the molecule is CC(C)[C@H](CC(=O)CCOCCOCCCC(=O)CI)C(=O)N[C@@H](C)C(=O)O. The summed E-state index contributed by atoms with van der Waals surface area (Å²) in [5, 5.41) is 11.3. The minimum atomic E-state index is -1.12. The lowest BCUT2D eigenvalue weighted by molar-refractivity contribution is -0.142. The Kier molecular flexibility index (Phi) is 15.2. The van der Waals surface area contributed by atoms with Crippen molar-refractivity contribution in [1.29, 1.82) is 0 Å². The van der Waals surface area contributed by atoms with Crippen molar-refractivity contribution in [3.05, 3.63) is 0 Å². The first-order valence-electron chi connectivity index (χ1n) is 9.47. The van der Waals surface area contributed by atoms with Gasteiger partial charge in [-0.05, 0) is 19.3 Å². The lowest BCUT2D eigenvalue weighted by atomic mass is 9.89. The number of hydrogen-bond donors (Lipinski definition) is 2. The van der Waals surface area contributed by atoms with Crippen molar-refractivity contribution in [1.82, 2.24) is 5.32 Å². The van der Waals surface area contributed by atoms with Crippen LogP contribution in [-0.4, -0.2) is 65.4 Å². The first-order chi connectivity index (χ1) is 13.2. The normalized spacial score (nSPS) is 13.2. The number of ether oxygens (including phenoxy) is 2. The van der Waals surface area contributed by atoms with E-state index in [1.54, 1.807) is 0 Å². The Bertz CT molecular complexity index is 511. The Balaban J connectivity index is 3.97. The van der Waals surface area contributed by atoms with Gasteiger partial charge in [0.25, 0.3) is 0 Å². The van der Waals surface area contributed by atoms with Gasteiger partial charge in [-0.25, -0.2) is 0 Å². The van der Waals surface area contributed by atoms with Crippen molar-refractivity contribution in [2.45, 2.75) is 52.5 Å². The summed E-state index contributed by atoms with van der Waals surface area (Å²) in [6.07, 6.45) is 1.46. The summed E-state index contributed by atoms with van der Waals surface area (Å²) in [6, 6.07) is -0.994. The molecule has 28 heavy (non-hydrogen) atoms. The van der Waals surface area contributed by atoms with E-state index in [1.807, 2.05) is 36.4 Å². The highest BCUT2D eigenvalue weighted by Crippen LogP contribution is 2.17. The van der Waals surface area contributed by atoms with Gasteiger partial charge in [-0.1, -0.05) is 36.4 Å². The summed E-state index contributed by atoms with van der Waals surface area (Å²) < 4.78 is 11.2. The number of nitrogens with one attached hydrogen (secondary N) is 1. The summed E-state index contributed by atoms with van der Waals surface area (Å²) >= 11 is 2.04. The standard InChI is InChI=1S/C19H32INO7/c1-13(2)17(18(24)21-14(3)19(25)26)11-15(22)6-8-28-10-9-27-7-4-5-16(23)12-20/h13-14,17H,4-12H2,1-3H3,(H,21,24)(H,25,26)/t14-,17-/m0/s1. The number of carboxylic acids is 1. The Labute approximate surface area is 180 Å². The molecule has 0 aliphatic heterocycles. The third kappa shape index (κ3) is 13.2. The molecular weight excluding hydrogens is 481 g/mol. The van der Waals surface area contributed by atoms with Gasteiger partial charge in [0.1, 0.15) is 17.6 Å². The molecule has 0 saturated heterocycles. The number of carbonyl (C=O) groups excluding carboxylic acids is 3. The second kappa shape index (κ2) is 15.8. The highest BCUT2D eigenvalue weighted by molar-refractivity contribution is 14.1. The average Bonchev–Trinajstić information content (AvgIpc) is 2.63. The molecule has 8 nitrogen and oxygen atoms in total. The van der Waals surface area contributed by atoms with Crippen LogP contribution in [0.1, 0.15) is 46.5 Å². The maximum absolute atomic E-state index is 12.2. The molecule has 9 heteroatoms. The molecule has 0 heterocycles. The Morgan fingerprint density at radius 1 is 0.929 bits per heavy atom. The molecule has 0 aliphatic carbocycles. The van der Waals surface area contributed by atoms with E-state index in [-0.39, 0.29) is 36.9 Å². The number of carbonyl (C=O) groups is 4. The van der Waals surface area contributed by atoms with Gasteiger partial charge in [-0.15, -0.1) is 0 Å². The van der Waals surface area contributed by atoms with Crippen LogP contribution in [0.5, 0.6) is 0 Å². The van der Waals surface area contributed by atoms with Crippen LogP contribution in [-0.2, 0) is 28.7 Å². The van der Waals surface area contributed by atoms with Gasteiger partial charge in [0.05, 0.1) is 24.2 Å². The number of alkyl halides is 1. The third-order valence-electron chi connectivity index (χ3n) is 4.11. The Morgan fingerprint density at radius 3 is 2.07 bits per heavy atom. The molecule has 162 valence electrons. The van der Waals surface area contributed by atoms with E-state index in [4.69, 9.17) is 14.6 Å². The molecule has 0 unspecified atom stereocenters. The van der Waals surface area contributed by atoms with E-state index in [9.17, 15) is 19.2 Å². The molecule has 0 radical (unpaired) electrons. The minimum Gasteiger partial charge on any atom is -0.480 e. The lowest BCUT2D eigenvalue weighted by Gasteiger charge is -2.21. The highest BCUT2D eigenvalue weighted by atomic mass is 127. The molecule has 0 aromatic rings. The van der Waals surface area contributed by atoms with Crippen molar-refractivity contribution in [3.8, 4) is 0 Å². The molecule has 0 spiro atoms. The second-order valence-corrected chi connectivity index (χ2v) is 7.68. The Morgan fingerprint density at radius 2 is 1.54 bits per heavy atom. The van der Waals surface area contributed by atoms with E-state index in [1.165, 1.54) is 6.92 Å². The molecule has 0 aromatic carbocycles. The minimum absolute atomic E-state index is 0.0561. The zero-order valence-electron chi connectivity index (χ0n) is 16.9. The van der Waals surface area contributed by atoms with Gasteiger partial charge in [0.2, 0.25) is 5.91 Å². The van der Waals surface area contributed by atoms with E-state index in [2.05, 4.69) is 5.32 Å². The van der Waals surface area contributed by atoms with Gasteiger partial charge in [0.15, 0.2) is 0 Å². The van der Waals surface area contributed by atoms with E-state index in [0.29, 0.717) is 37.1 Å². The first kappa shape index (κ1) is 26.9. The summed E-state index contributed by atoms with van der Waals surface area (Å²) in [7, 11) is 0. The number of ketones is 2. The predicted molar refractivity (Wildman–Crippen MR) is 113 cm³/mol. The van der Waals surface area contributed by atoms with Gasteiger partial charge < -0.3 is 19.9 Å². The van der Waals surface area contributed by atoms with Crippen LogP contribution in [0.3, 0.4) is 0 Å². The molecule has 0 bridgehead atoms. The largest absolute Gasteiger partial charge is 0.480 e. The van der Waals surface area contributed by atoms with Crippen molar-refractivity contribution in [2.75, 3.05) is 30.9 Å². The monoisotopic (exact) mass is 513 g/mol. The number of rotatable bonds is 17. The molecule has 0 aromatic heterocycles. The van der Waals surface area contributed by atoms with Crippen molar-refractivity contribution < 1.29 is 33.8 Å². The maximum atomic E-state index is 12.2. The summed E-state index contributed by atoms with van der Waals surface area (Å²) in [5.41, 5.74) is 0. The van der Waals surface area contributed by atoms with Crippen LogP contribution >= 0.6 is 22.6 Å². The zero-order chi connectivity index (χ0) is 21.5. The van der Waals surface area contributed by atoms with Crippen molar-refractivity contribution in [2.24, 2.45) is 11.8 Å². The van der Waals surface area contributed by atoms with Gasteiger partial charge >= 0.3 is 5.97 Å². The van der Waals surface area contributed by atoms with Crippen LogP contribution in [0.25, 0.3) is 0 Å². The van der Waals surface area contributed by atoms with Crippen molar-refractivity contribution >= 4 is 46.0 Å². The van der Waals surface area contributed by atoms with E-state index < -0.39 is 23.8 Å². The fourth-order valence-corrected chi connectivity index (χ4v) is 2.69. The number of Topliss-reactive ketones (excluding diaryl/α,β-unsaturated/α-hetero) is 2. The van der Waals surface area contributed by atoms with Crippen LogP contribution in [0.15, 0.2) is 0 Å². The summed E-state index contributed by atoms with van der Waals surface area (Å²) in [4.78, 5) is 46.3. The highest BCUT2D eigenvalue weighted by Gasteiger charge is 2.27. The molecule has 2 N–H and O–H groups in total.